The second-order valence-electron chi connectivity index (χ2n) is 5.27. The number of nitrogens with zero attached hydrogens (tertiary/aromatic N) is 1. The maximum atomic E-state index is 11.8. The highest BCUT2D eigenvalue weighted by Gasteiger charge is 2.16. The molecule has 1 N–H and O–H groups in total. The monoisotopic (exact) mass is 290 g/mol. The van der Waals surface area contributed by atoms with E-state index in [-0.39, 0.29) is 12.3 Å². The van der Waals surface area contributed by atoms with E-state index < -0.39 is 5.76 Å². The Hall–Kier alpha value is -2.08. The number of benzene rings is 1. The Morgan fingerprint density at radius 3 is 3.05 bits per heavy atom. The van der Waals surface area contributed by atoms with Crippen LogP contribution in [0.4, 0.5) is 0 Å². The summed E-state index contributed by atoms with van der Waals surface area (Å²) < 4.78 is 11.9. The van der Waals surface area contributed by atoms with Crippen molar-refractivity contribution in [3.63, 3.8) is 0 Å². The van der Waals surface area contributed by atoms with Crippen molar-refractivity contribution in [1.82, 2.24) is 9.88 Å². The minimum Gasteiger partial charge on any atom is -0.408 e. The van der Waals surface area contributed by atoms with Gasteiger partial charge in [-0.3, -0.25) is 9.36 Å². The van der Waals surface area contributed by atoms with E-state index in [1.54, 1.807) is 6.07 Å². The lowest BCUT2D eigenvalue weighted by molar-refractivity contribution is -0.121. The molecule has 6 heteroatoms. The van der Waals surface area contributed by atoms with Gasteiger partial charge < -0.3 is 14.5 Å². The molecule has 0 radical (unpaired) electrons. The quantitative estimate of drug-likeness (QED) is 0.896. The first-order valence-electron chi connectivity index (χ1n) is 7.17. The molecule has 2 aromatic rings. The topological polar surface area (TPSA) is 73.5 Å². The van der Waals surface area contributed by atoms with Crippen LogP contribution in [0.5, 0.6) is 0 Å². The van der Waals surface area contributed by atoms with E-state index in [0.29, 0.717) is 31.2 Å². The van der Waals surface area contributed by atoms with Gasteiger partial charge in [-0.1, -0.05) is 12.1 Å². The fourth-order valence-corrected chi connectivity index (χ4v) is 2.53. The first-order chi connectivity index (χ1) is 10.2. The van der Waals surface area contributed by atoms with Gasteiger partial charge in [-0.15, -0.1) is 0 Å². The number of amides is 1. The first kappa shape index (κ1) is 13.9. The SMILES string of the molecule is O=C(CCn1c(=O)oc2ccccc21)NC[C@H]1CCOC1. The standard InChI is InChI=1S/C15H18N2O4/c18-14(16-9-11-6-8-20-10-11)5-7-17-12-3-1-2-4-13(12)21-15(17)19/h1-4,11H,5-10H2,(H,16,18)/t11-/m1/s1. The van der Waals surface area contributed by atoms with E-state index in [1.807, 2.05) is 18.2 Å². The van der Waals surface area contributed by atoms with Gasteiger partial charge in [-0.2, -0.15) is 0 Å². The molecule has 1 saturated heterocycles. The predicted molar refractivity (Wildman–Crippen MR) is 77.0 cm³/mol. The average Bonchev–Trinajstić information content (AvgIpc) is 3.10. The summed E-state index contributed by atoms with van der Waals surface area (Å²) in [5.41, 5.74) is 1.27. The van der Waals surface area contributed by atoms with Gasteiger partial charge in [0.05, 0.1) is 12.1 Å². The van der Waals surface area contributed by atoms with Gasteiger partial charge in [0, 0.05) is 32.0 Å². The second-order valence-corrected chi connectivity index (χ2v) is 5.27. The number of carbonyl (C=O) groups is 1. The molecule has 1 amide bonds. The van der Waals surface area contributed by atoms with Crippen molar-refractivity contribution in [2.75, 3.05) is 19.8 Å². The molecule has 1 atom stereocenters. The molecule has 3 rings (SSSR count). The van der Waals surface area contributed by atoms with E-state index >= 15 is 0 Å². The van der Waals surface area contributed by atoms with Gasteiger partial charge in [-0.05, 0) is 18.6 Å². The lowest BCUT2D eigenvalue weighted by atomic mass is 10.1. The van der Waals surface area contributed by atoms with E-state index in [9.17, 15) is 9.59 Å². The molecule has 1 aliphatic heterocycles. The summed E-state index contributed by atoms with van der Waals surface area (Å²) in [6, 6.07) is 7.21. The molecule has 1 aliphatic rings. The van der Waals surface area contributed by atoms with Gasteiger partial charge in [0.1, 0.15) is 0 Å². The van der Waals surface area contributed by atoms with Crippen molar-refractivity contribution in [2.45, 2.75) is 19.4 Å². The molecule has 21 heavy (non-hydrogen) atoms. The lowest BCUT2D eigenvalue weighted by Gasteiger charge is -2.09. The zero-order valence-corrected chi connectivity index (χ0v) is 11.7. The van der Waals surface area contributed by atoms with E-state index in [4.69, 9.17) is 9.15 Å². The fraction of sp³-hybridized carbons (Fsp3) is 0.467. The highest BCUT2D eigenvalue weighted by Crippen LogP contribution is 2.12. The smallest absolute Gasteiger partial charge is 0.408 e. The van der Waals surface area contributed by atoms with Gasteiger partial charge in [0.2, 0.25) is 5.91 Å². The Kier molecular flexibility index (Phi) is 4.06. The highest BCUT2D eigenvalue weighted by molar-refractivity contribution is 5.76. The van der Waals surface area contributed by atoms with Crippen molar-refractivity contribution < 1.29 is 13.9 Å². The van der Waals surface area contributed by atoms with Crippen LogP contribution in [0.25, 0.3) is 11.1 Å². The Labute approximate surface area is 121 Å². The van der Waals surface area contributed by atoms with Gasteiger partial charge in [0.15, 0.2) is 5.58 Å². The minimum atomic E-state index is -0.423. The van der Waals surface area contributed by atoms with Crippen LogP contribution in [0.3, 0.4) is 0 Å². The van der Waals surface area contributed by atoms with Crippen molar-refractivity contribution in [2.24, 2.45) is 5.92 Å². The number of ether oxygens (including phenoxy) is 1. The zero-order chi connectivity index (χ0) is 14.7. The molecule has 0 saturated carbocycles. The normalized spacial score (nSPS) is 18.2. The number of aryl methyl sites for hydroxylation is 1. The number of hydrogen-bond acceptors (Lipinski definition) is 4. The largest absolute Gasteiger partial charge is 0.419 e. The van der Waals surface area contributed by atoms with Crippen LogP contribution in [0.15, 0.2) is 33.5 Å². The third-order valence-electron chi connectivity index (χ3n) is 3.75. The molecule has 1 aromatic carbocycles. The van der Waals surface area contributed by atoms with Crippen molar-refractivity contribution in [3.05, 3.63) is 34.8 Å². The summed E-state index contributed by atoms with van der Waals surface area (Å²) >= 11 is 0. The molecule has 0 bridgehead atoms. The first-order valence-corrected chi connectivity index (χ1v) is 7.17. The van der Waals surface area contributed by atoms with Crippen molar-refractivity contribution in [3.8, 4) is 0 Å². The summed E-state index contributed by atoms with van der Waals surface area (Å²) in [5, 5.41) is 2.89. The van der Waals surface area contributed by atoms with Gasteiger partial charge >= 0.3 is 5.76 Å². The van der Waals surface area contributed by atoms with Crippen LogP contribution < -0.4 is 11.1 Å². The number of hydrogen-bond donors (Lipinski definition) is 1. The number of para-hydroxylation sites is 2. The maximum Gasteiger partial charge on any atom is 0.419 e. The van der Waals surface area contributed by atoms with Crippen LogP contribution in [0, 0.1) is 5.92 Å². The average molecular weight is 290 g/mol. The van der Waals surface area contributed by atoms with Crippen LogP contribution in [-0.4, -0.2) is 30.2 Å². The number of aromatic nitrogens is 1. The molecule has 0 spiro atoms. The number of fused-ring (bicyclic) bond motifs is 1. The summed E-state index contributed by atoms with van der Waals surface area (Å²) in [7, 11) is 0. The zero-order valence-electron chi connectivity index (χ0n) is 11.7. The second kappa shape index (κ2) is 6.13. The Bertz CT molecular complexity index is 682. The van der Waals surface area contributed by atoms with Crippen LogP contribution >= 0.6 is 0 Å². The Balaban J connectivity index is 1.57. The number of carbonyl (C=O) groups excluding carboxylic acids is 1. The number of nitrogens with one attached hydrogen (secondary N) is 1. The molecule has 0 unspecified atom stereocenters. The van der Waals surface area contributed by atoms with E-state index in [1.165, 1.54) is 4.57 Å². The van der Waals surface area contributed by atoms with Crippen LogP contribution in [0.1, 0.15) is 12.8 Å². The Morgan fingerprint density at radius 1 is 1.38 bits per heavy atom. The minimum absolute atomic E-state index is 0.0564. The lowest BCUT2D eigenvalue weighted by Crippen LogP contribution is -2.30. The summed E-state index contributed by atoms with van der Waals surface area (Å²) in [4.78, 5) is 23.6. The van der Waals surface area contributed by atoms with E-state index in [0.717, 1.165) is 18.5 Å². The highest BCUT2D eigenvalue weighted by atomic mass is 16.5. The summed E-state index contributed by atoms with van der Waals surface area (Å²) in [6.45, 7) is 2.45. The Morgan fingerprint density at radius 2 is 2.24 bits per heavy atom. The molecule has 6 nitrogen and oxygen atoms in total. The molecule has 0 aliphatic carbocycles. The van der Waals surface area contributed by atoms with Crippen molar-refractivity contribution in [1.29, 1.82) is 0 Å². The third-order valence-corrected chi connectivity index (χ3v) is 3.75. The van der Waals surface area contributed by atoms with E-state index in [2.05, 4.69) is 5.32 Å². The molecule has 112 valence electrons. The van der Waals surface area contributed by atoms with Crippen LogP contribution in [0.2, 0.25) is 0 Å². The molecular formula is C15H18N2O4. The number of oxazole rings is 1. The van der Waals surface area contributed by atoms with Crippen LogP contribution in [-0.2, 0) is 16.1 Å². The fourth-order valence-electron chi connectivity index (χ4n) is 2.53. The van der Waals surface area contributed by atoms with Gasteiger partial charge in [-0.25, -0.2) is 4.79 Å². The summed E-state index contributed by atoms with van der Waals surface area (Å²) in [6.07, 6.45) is 1.25. The molecule has 1 aromatic heterocycles. The molecule has 1 fully saturated rings. The predicted octanol–water partition coefficient (Wildman–Crippen LogP) is 1.14. The van der Waals surface area contributed by atoms with Crippen molar-refractivity contribution >= 4 is 17.0 Å². The molecular weight excluding hydrogens is 272 g/mol. The maximum absolute atomic E-state index is 11.8. The number of rotatable bonds is 5. The summed E-state index contributed by atoms with van der Waals surface area (Å²) in [5.74, 6) is -0.0706. The third kappa shape index (κ3) is 3.16. The molecule has 2 heterocycles. The van der Waals surface area contributed by atoms with Gasteiger partial charge in [0.25, 0.3) is 0 Å².